The molecule has 1 saturated carbocycles. The third kappa shape index (κ3) is 5.18. The molecule has 1 unspecified atom stereocenters. The van der Waals surface area contributed by atoms with Crippen LogP contribution in [-0.4, -0.2) is 74.2 Å². The summed E-state index contributed by atoms with van der Waals surface area (Å²) in [4.78, 5) is 31.5. The first-order valence-electron chi connectivity index (χ1n) is 13.8. The number of carbonyl (C=O) groups excluding carboxylic acids is 2. The molecule has 3 aliphatic rings. The van der Waals surface area contributed by atoms with Gasteiger partial charge in [-0.2, -0.15) is 5.10 Å². The number of hydrogen-bond acceptors (Lipinski definition) is 5. The van der Waals surface area contributed by atoms with Crippen LogP contribution < -0.4 is 5.32 Å². The van der Waals surface area contributed by atoms with Gasteiger partial charge in [-0.05, 0) is 57.8 Å². The molecule has 3 atom stereocenters. The maximum Gasteiger partial charge on any atom is 0.248 e. The minimum absolute atomic E-state index is 0. The van der Waals surface area contributed by atoms with Crippen LogP contribution in [0.25, 0.3) is 0 Å². The Kier molecular flexibility index (Phi) is 9.50. The van der Waals surface area contributed by atoms with Crippen molar-refractivity contribution >= 4 is 24.2 Å². The Hall–Kier alpha value is -1.64. The number of hydrogen-bond donors (Lipinski definition) is 3. The summed E-state index contributed by atoms with van der Waals surface area (Å²) in [5.74, 6) is 0.250. The fourth-order valence-corrected chi connectivity index (χ4v) is 6.83. The van der Waals surface area contributed by atoms with Crippen molar-refractivity contribution in [3.8, 4) is 0 Å². The number of piperidine rings is 1. The molecule has 3 fully saturated rings. The molecule has 1 aliphatic carbocycles. The van der Waals surface area contributed by atoms with Crippen LogP contribution in [-0.2, 0) is 9.59 Å². The lowest BCUT2D eigenvalue weighted by molar-refractivity contribution is -0.166. The van der Waals surface area contributed by atoms with Gasteiger partial charge in [0, 0.05) is 36.9 Å². The number of aliphatic hydroxyl groups excluding tert-OH is 1. The van der Waals surface area contributed by atoms with Gasteiger partial charge in [0.05, 0.1) is 11.8 Å². The van der Waals surface area contributed by atoms with Gasteiger partial charge in [-0.15, -0.1) is 12.4 Å². The first kappa shape index (κ1) is 28.9. The molecule has 2 aliphatic heterocycles. The molecule has 8 nitrogen and oxygen atoms in total. The summed E-state index contributed by atoms with van der Waals surface area (Å²) in [6.07, 6.45) is 7.46. The highest BCUT2D eigenvalue weighted by molar-refractivity contribution is 6.00. The van der Waals surface area contributed by atoms with Gasteiger partial charge in [0.1, 0.15) is 11.6 Å². The number of nitrogens with one attached hydrogen (secondary N) is 2. The molecular formula is C27H46ClN5O3. The lowest BCUT2D eigenvalue weighted by Gasteiger charge is -2.53. The van der Waals surface area contributed by atoms with Crippen molar-refractivity contribution in [1.82, 2.24) is 25.3 Å². The van der Waals surface area contributed by atoms with Gasteiger partial charge in [-0.1, -0.05) is 40.0 Å². The van der Waals surface area contributed by atoms with Crippen LogP contribution in [0.15, 0.2) is 0 Å². The van der Waals surface area contributed by atoms with Gasteiger partial charge < -0.3 is 15.3 Å². The first-order valence-corrected chi connectivity index (χ1v) is 13.8. The fourth-order valence-electron chi connectivity index (χ4n) is 6.83. The van der Waals surface area contributed by atoms with Crippen LogP contribution in [0, 0.1) is 25.7 Å². The molecule has 2 amide bonds. The Morgan fingerprint density at radius 1 is 1.11 bits per heavy atom. The number of amides is 2. The summed E-state index contributed by atoms with van der Waals surface area (Å²) in [5.41, 5.74) is 2.71. The van der Waals surface area contributed by atoms with E-state index in [-0.39, 0.29) is 30.1 Å². The van der Waals surface area contributed by atoms with Crippen molar-refractivity contribution < 1.29 is 14.7 Å². The molecule has 0 bridgehead atoms. The molecular weight excluding hydrogens is 478 g/mol. The van der Waals surface area contributed by atoms with E-state index in [2.05, 4.69) is 34.3 Å². The van der Waals surface area contributed by atoms with Gasteiger partial charge in [-0.25, -0.2) is 0 Å². The number of aliphatic hydroxyl groups is 1. The predicted molar refractivity (Wildman–Crippen MR) is 143 cm³/mol. The first-order chi connectivity index (χ1) is 16.7. The Labute approximate surface area is 222 Å². The average Bonchev–Trinajstić information content (AvgIpc) is 3.18. The topological polar surface area (TPSA) is 102 Å². The number of aromatic nitrogens is 2. The van der Waals surface area contributed by atoms with Crippen LogP contribution in [0.4, 0.5) is 0 Å². The highest BCUT2D eigenvalue weighted by Gasteiger charge is 2.55. The maximum atomic E-state index is 13.6. The van der Waals surface area contributed by atoms with Crippen molar-refractivity contribution in [3.05, 3.63) is 17.0 Å². The number of H-pyrrole nitrogens is 1. The smallest absolute Gasteiger partial charge is 0.248 e. The van der Waals surface area contributed by atoms with Gasteiger partial charge in [0.15, 0.2) is 0 Å². The summed E-state index contributed by atoms with van der Waals surface area (Å²) in [6, 6.07) is -0.562. The van der Waals surface area contributed by atoms with E-state index in [0.717, 1.165) is 30.9 Å². The van der Waals surface area contributed by atoms with Crippen molar-refractivity contribution in [2.24, 2.45) is 11.8 Å². The molecule has 0 aromatic carbocycles. The minimum atomic E-state index is -0.883. The molecule has 3 N–H and O–H groups in total. The Bertz CT molecular complexity index is 886. The summed E-state index contributed by atoms with van der Waals surface area (Å²) < 4.78 is 0. The highest BCUT2D eigenvalue weighted by Crippen LogP contribution is 2.43. The third-order valence-electron chi connectivity index (χ3n) is 8.83. The minimum Gasteiger partial charge on any atom is -0.390 e. The number of piperazine rings is 1. The van der Waals surface area contributed by atoms with Crippen LogP contribution in [0.1, 0.15) is 95.1 Å². The molecule has 36 heavy (non-hydrogen) atoms. The van der Waals surface area contributed by atoms with E-state index >= 15 is 0 Å². The second kappa shape index (κ2) is 11.8. The highest BCUT2D eigenvalue weighted by atomic mass is 35.5. The summed E-state index contributed by atoms with van der Waals surface area (Å²) in [6.45, 7) is 12.1. The van der Waals surface area contributed by atoms with Gasteiger partial charge >= 0.3 is 0 Å². The quantitative estimate of drug-likeness (QED) is 0.506. The molecule has 204 valence electrons. The third-order valence-corrected chi connectivity index (χ3v) is 8.83. The zero-order valence-electron chi connectivity index (χ0n) is 22.7. The van der Waals surface area contributed by atoms with Crippen LogP contribution in [0.3, 0.4) is 0 Å². The lowest BCUT2D eigenvalue weighted by Crippen LogP contribution is -2.75. The summed E-state index contributed by atoms with van der Waals surface area (Å²) in [7, 11) is 0. The zero-order valence-corrected chi connectivity index (χ0v) is 23.5. The van der Waals surface area contributed by atoms with Crippen molar-refractivity contribution in [2.45, 2.75) is 110 Å². The van der Waals surface area contributed by atoms with E-state index in [1.165, 1.54) is 37.7 Å². The van der Waals surface area contributed by atoms with Gasteiger partial charge in [-0.3, -0.25) is 19.6 Å². The van der Waals surface area contributed by atoms with E-state index in [1.54, 1.807) is 0 Å². The number of rotatable bonds is 7. The molecule has 9 heteroatoms. The number of aromatic amines is 1. The Balaban J connectivity index is 0.00000361. The van der Waals surface area contributed by atoms with Crippen LogP contribution in [0.2, 0.25) is 0 Å². The fraction of sp³-hybridized carbons (Fsp3) is 0.815. The van der Waals surface area contributed by atoms with E-state index in [9.17, 15) is 14.7 Å². The van der Waals surface area contributed by atoms with Crippen LogP contribution in [0.5, 0.6) is 0 Å². The number of halogens is 1. The summed E-state index contributed by atoms with van der Waals surface area (Å²) in [5, 5.41) is 21.3. The maximum absolute atomic E-state index is 13.6. The second-order valence-electron chi connectivity index (χ2n) is 11.4. The van der Waals surface area contributed by atoms with Gasteiger partial charge in [0.25, 0.3) is 0 Å². The number of nitrogens with zero attached hydrogens (tertiary/aromatic N) is 3. The normalized spacial score (nSPS) is 25.1. The number of carbonyl (C=O) groups is 2. The zero-order chi connectivity index (χ0) is 25.3. The summed E-state index contributed by atoms with van der Waals surface area (Å²) >= 11 is 0. The SMILES string of the molecule is CCCN1C(=O)[C@@H]([C@H](O)C(C)C)NC(=O)C12CCN(C(c1c(C)n[nH]c1C)C1CCCCC1)CC2.Cl. The van der Waals surface area contributed by atoms with Gasteiger partial charge in [0.2, 0.25) is 11.8 Å². The molecule has 0 radical (unpaired) electrons. The predicted octanol–water partition coefficient (Wildman–Crippen LogP) is 3.66. The molecule has 1 aromatic heterocycles. The molecule has 1 aromatic rings. The molecule has 3 heterocycles. The average molecular weight is 524 g/mol. The van der Waals surface area contributed by atoms with E-state index in [0.29, 0.717) is 31.3 Å². The van der Waals surface area contributed by atoms with Crippen molar-refractivity contribution in [3.63, 3.8) is 0 Å². The van der Waals surface area contributed by atoms with E-state index in [1.807, 2.05) is 25.7 Å². The number of likely N-dealkylation sites (tertiary alicyclic amines) is 1. The van der Waals surface area contributed by atoms with Crippen molar-refractivity contribution in [1.29, 1.82) is 0 Å². The second-order valence-corrected chi connectivity index (χ2v) is 11.4. The number of aryl methyl sites for hydroxylation is 2. The monoisotopic (exact) mass is 523 g/mol. The Morgan fingerprint density at radius 3 is 2.28 bits per heavy atom. The molecule has 4 rings (SSSR count). The van der Waals surface area contributed by atoms with Crippen LogP contribution >= 0.6 is 12.4 Å². The largest absolute Gasteiger partial charge is 0.390 e. The Morgan fingerprint density at radius 2 is 1.75 bits per heavy atom. The molecule has 1 spiro atoms. The molecule has 2 saturated heterocycles. The standard InChI is InChI=1S/C27H45N5O3.ClH/c1-6-14-32-25(34)22(24(33)17(2)3)28-26(35)27(32)12-15-31(16-13-27)23(20-10-8-7-9-11-20)21-18(4)29-30-19(21)5;/h17,20,22-24,33H,6-16H2,1-5H3,(H,28,35)(H,29,30);1H/t22-,23?,24-;/m1./s1. The van der Waals surface area contributed by atoms with Crippen molar-refractivity contribution in [2.75, 3.05) is 19.6 Å². The van der Waals surface area contributed by atoms with E-state index in [4.69, 9.17) is 0 Å². The van der Waals surface area contributed by atoms with E-state index < -0.39 is 17.7 Å². The lowest BCUT2D eigenvalue weighted by atomic mass is 9.76.